The van der Waals surface area contributed by atoms with Crippen LogP contribution in [-0.4, -0.2) is 28.1 Å². The van der Waals surface area contributed by atoms with E-state index in [1.54, 1.807) is 0 Å². The van der Waals surface area contributed by atoms with Gasteiger partial charge < -0.3 is 15.2 Å². The molecule has 1 unspecified atom stereocenters. The van der Waals surface area contributed by atoms with Crippen molar-refractivity contribution in [3.05, 3.63) is 39.9 Å². The van der Waals surface area contributed by atoms with Gasteiger partial charge in [0.05, 0.1) is 4.92 Å². The Bertz CT molecular complexity index is 541. The zero-order chi connectivity index (χ0) is 16.7. The Morgan fingerprint density at radius 2 is 1.91 bits per heavy atom. The van der Waals surface area contributed by atoms with E-state index < -0.39 is 23.0 Å². The molecule has 1 rings (SSSR count). The van der Waals surface area contributed by atoms with Crippen LogP contribution < -0.4 is 5.32 Å². The van der Waals surface area contributed by atoms with E-state index in [0.29, 0.717) is 12.0 Å². The van der Waals surface area contributed by atoms with Crippen molar-refractivity contribution in [3.63, 3.8) is 0 Å². The molecule has 0 heterocycles. The SMILES string of the molecule is CC(C)CC(NC(=O)OCc1ccc([N+](=O)[O-])cc1)C(=O)O. The molecule has 0 aliphatic rings. The van der Waals surface area contributed by atoms with E-state index in [1.165, 1.54) is 24.3 Å². The number of hydrogen-bond acceptors (Lipinski definition) is 5. The van der Waals surface area contributed by atoms with Crippen molar-refractivity contribution in [1.29, 1.82) is 0 Å². The second-order valence-corrected chi connectivity index (χ2v) is 5.16. The minimum atomic E-state index is -1.12. The summed E-state index contributed by atoms with van der Waals surface area (Å²) in [6, 6.07) is 4.53. The van der Waals surface area contributed by atoms with Crippen molar-refractivity contribution < 1.29 is 24.4 Å². The van der Waals surface area contributed by atoms with Gasteiger partial charge in [-0.1, -0.05) is 13.8 Å². The Hall–Kier alpha value is -2.64. The highest BCUT2D eigenvalue weighted by Gasteiger charge is 2.21. The van der Waals surface area contributed by atoms with Gasteiger partial charge in [-0.15, -0.1) is 0 Å². The van der Waals surface area contributed by atoms with Crippen LogP contribution in [0, 0.1) is 16.0 Å². The summed E-state index contributed by atoms with van der Waals surface area (Å²) in [5.74, 6) is -1.02. The molecule has 1 atom stereocenters. The number of ether oxygens (including phenoxy) is 1. The van der Waals surface area contributed by atoms with Crippen molar-refractivity contribution in [3.8, 4) is 0 Å². The van der Waals surface area contributed by atoms with Crippen LogP contribution in [-0.2, 0) is 16.1 Å². The first kappa shape index (κ1) is 17.4. The lowest BCUT2D eigenvalue weighted by Crippen LogP contribution is -2.41. The summed E-state index contributed by atoms with van der Waals surface area (Å²) in [5, 5.41) is 21.8. The molecule has 0 bridgehead atoms. The number of carbonyl (C=O) groups excluding carboxylic acids is 1. The number of aliphatic carboxylic acids is 1. The van der Waals surface area contributed by atoms with Crippen molar-refractivity contribution >= 4 is 17.7 Å². The third-order valence-electron chi connectivity index (χ3n) is 2.81. The summed E-state index contributed by atoms with van der Waals surface area (Å²) in [6.45, 7) is 3.59. The number of rotatable bonds is 7. The van der Waals surface area contributed by atoms with Gasteiger partial charge in [-0.05, 0) is 30.0 Å². The number of carboxylic acid groups (broad SMARTS) is 1. The van der Waals surface area contributed by atoms with Gasteiger partial charge in [0.1, 0.15) is 12.6 Å². The predicted molar refractivity (Wildman–Crippen MR) is 77.3 cm³/mol. The number of non-ortho nitro benzene ring substituents is 1. The number of nitrogens with one attached hydrogen (secondary N) is 1. The monoisotopic (exact) mass is 310 g/mol. The Kier molecular flexibility index (Phi) is 6.30. The lowest BCUT2D eigenvalue weighted by molar-refractivity contribution is -0.384. The van der Waals surface area contributed by atoms with Gasteiger partial charge in [0.2, 0.25) is 0 Å². The molecule has 0 fully saturated rings. The van der Waals surface area contributed by atoms with Gasteiger partial charge in [-0.25, -0.2) is 9.59 Å². The van der Waals surface area contributed by atoms with Gasteiger partial charge in [0, 0.05) is 12.1 Å². The zero-order valence-corrected chi connectivity index (χ0v) is 12.3. The Labute approximate surface area is 127 Å². The predicted octanol–water partition coefficient (Wildman–Crippen LogP) is 2.32. The van der Waals surface area contributed by atoms with E-state index in [2.05, 4.69) is 5.32 Å². The zero-order valence-electron chi connectivity index (χ0n) is 12.3. The fraction of sp³-hybridized carbons (Fsp3) is 0.429. The summed E-state index contributed by atoms with van der Waals surface area (Å²) in [4.78, 5) is 32.6. The van der Waals surface area contributed by atoms with Gasteiger partial charge in [0.15, 0.2) is 0 Å². The fourth-order valence-corrected chi connectivity index (χ4v) is 1.74. The average molecular weight is 310 g/mol. The summed E-state index contributed by atoms with van der Waals surface area (Å²) in [5.41, 5.74) is 0.507. The van der Waals surface area contributed by atoms with Crippen molar-refractivity contribution in [2.75, 3.05) is 0 Å². The molecule has 8 nitrogen and oxygen atoms in total. The minimum absolute atomic E-state index is 0.0592. The lowest BCUT2D eigenvalue weighted by atomic mass is 10.0. The summed E-state index contributed by atoms with van der Waals surface area (Å²) in [7, 11) is 0. The van der Waals surface area contributed by atoms with Crippen LogP contribution in [0.3, 0.4) is 0 Å². The van der Waals surface area contributed by atoms with Crippen LogP contribution in [0.1, 0.15) is 25.8 Å². The van der Waals surface area contributed by atoms with Crippen LogP contribution in [0.5, 0.6) is 0 Å². The number of amides is 1. The first-order valence-electron chi connectivity index (χ1n) is 6.69. The maximum atomic E-state index is 11.6. The molecule has 0 aliphatic heterocycles. The summed E-state index contributed by atoms with van der Waals surface area (Å²) in [6.07, 6.45) is -0.548. The molecule has 0 saturated heterocycles. The maximum Gasteiger partial charge on any atom is 0.408 e. The molecular weight excluding hydrogens is 292 g/mol. The Morgan fingerprint density at radius 1 is 1.32 bits per heavy atom. The lowest BCUT2D eigenvalue weighted by Gasteiger charge is -2.16. The average Bonchev–Trinajstić information content (AvgIpc) is 2.44. The van der Waals surface area contributed by atoms with E-state index in [4.69, 9.17) is 9.84 Å². The molecule has 0 saturated carbocycles. The van der Waals surface area contributed by atoms with E-state index >= 15 is 0 Å². The number of nitro benzene ring substituents is 1. The van der Waals surface area contributed by atoms with Gasteiger partial charge >= 0.3 is 12.1 Å². The maximum absolute atomic E-state index is 11.6. The highest BCUT2D eigenvalue weighted by atomic mass is 16.6. The third-order valence-corrected chi connectivity index (χ3v) is 2.81. The largest absolute Gasteiger partial charge is 0.480 e. The minimum Gasteiger partial charge on any atom is -0.480 e. The van der Waals surface area contributed by atoms with E-state index in [-0.39, 0.29) is 18.2 Å². The van der Waals surface area contributed by atoms with E-state index in [0.717, 1.165) is 0 Å². The number of nitrogens with zero attached hydrogens (tertiary/aromatic N) is 1. The molecule has 1 aromatic carbocycles. The Morgan fingerprint density at radius 3 is 2.36 bits per heavy atom. The van der Waals surface area contributed by atoms with E-state index in [9.17, 15) is 19.7 Å². The van der Waals surface area contributed by atoms with Crippen LogP contribution in [0.2, 0.25) is 0 Å². The smallest absolute Gasteiger partial charge is 0.408 e. The fourth-order valence-electron chi connectivity index (χ4n) is 1.74. The molecule has 0 aliphatic carbocycles. The number of carboxylic acids is 1. The molecule has 0 aromatic heterocycles. The molecule has 120 valence electrons. The number of nitro groups is 1. The molecule has 1 amide bonds. The summed E-state index contributed by atoms with van der Waals surface area (Å²) < 4.78 is 4.91. The van der Waals surface area contributed by atoms with Gasteiger partial charge in [-0.2, -0.15) is 0 Å². The molecule has 0 radical (unpaired) electrons. The molecule has 2 N–H and O–H groups in total. The standard InChI is InChI=1S/C14H18N2O6/c1-9(2)7-12(13(17)18)15-14(19)22-8-10-3-5-11(6-4-10)16(20)21/h3-6,9,12H,7-8H2,1-2H3,(H,15,19)(H,17,18). The highest BCUT2D eigenvalue weighted by Crippen LogP contribution is 2.12. The van der Waals surface area contributed by atoms with Crippen molar-refractivity contribution in [1.82, 2.24) is 5.32 Å². The number of benzene rings is 1. The highest BCUT2D eigenvalue weighted by molar-refractivity contribution is 5.79. The van der Waals surface area contributed by atoms with Crippen LogP contribution >= 0.6 is 0 Å². The second-order valence-electron chi connectivity index (χ2n) is 5.16. The van der Waals surface area contributed by atoms with Crippen LogP contribution in [0.25, 0.3) is 0 Å². The second kappa shape index (κ2) is 7.96. The third kappa shape index (κ3) is 5.78. The molecule has 22 heavy (non-hydrogen) atoms. The van der Waals surface area contributed by atoms with Crippen molar-refractivity contribution in [2.45, 2.75) is 32.9 Å². The molecular formula is C14H18N2O6. The van der Waals surface area contributed by atoms with Crippen LogP contribution in [0.4, 0.5) is 10.5 Å². The summed E-state index contributed by atoms with van der Waals surface area (Å²) >= 11 is 0. The first-order chi connectivity index (χ1) is 10.3. The van der Waals surface area contributed by atoms with Crippen molar-refractivity contribution in [2.24, 2.45) is 5.92 Å². The quantitative estimate of drug-likeness (QED) is 0.589. The van der Waals surface area contributed by atoms with E-state index in [1.807, 2.05) is 13.8 Å². The first-order valence-corrected chi connectivity index (χ1v) is 6.69. The number of alkyl carbamates (subject to hydrolysis) is 1. The topological polar surface area (TPSA) is 119 Å². The normalized spacial score (nSPS) is 11.8. The molecule has 1 aromatic rings. The number of hydrogen-bond donors (Lipinski definition) is 2. The molecule has 0 spiro atoms. The van der Waals surface area contributed by atoms with Gasteiger partial charge in [-0.3, -0.25) is 10.1 Å². The number of carbonyl (C=O) groups is 2. The Balaban J connectivity index is 2.51. The van der Waals surface area contributed by atoms with Gasteiger partial charge in [0.25, 0.3) is 5.69 Å². The van der Waals surface area contributed by atoms with Crippen LogP contribution in [0.15, 0.2) is 24.3 Å². The molecule has 8 heteroatoms.